The molecule has 0 spiro atoms. The molecule has 0 saturated heterocycles. The molecule has 0 radical (unpaired) electrons. The Morgan fingerprint density at radius 2 is 2.11 bits per heavy atom. The van der Waals surface area contributed by atoms with Crippen molar-refractivity contribution in [3.05, 3.63) is 56.5 Å². The molecule has 0 amide bonds. The third kappa shape index (κ3) is 2.02. The second-order valence-electron chi connectivity index (χ2n) is 3.77. The van der Waals surface area contributed by atoms with Gasteiger partial charge >= 0.3 is 0 Å². The molecule has 0 atom stereocenters. The number of nitrogens with zero attached hydrogens (tertiary/aromatic N) is 3. The molecule has 0 aliphatic rings. The zero-order chi connectivity index (χ0) is 12.5. The fraction of sp³-hybridized carbons (Fsp3) is 0.0833. The largest absolute Gasteiger partial charge is 0.293 e. The predicted molar refractivity (Wildman–Crippen MR) is 72.2 cm³/mol. The molecule has 90 valence electrons. The molecule has 3 rings (SSSR count). The van der Waals surface area contributed by atoms with E-state index in [1.807, 2.05) is 18.2 Å². The van der Waals surface area contributed by atoms with Gasteiger partial charge in [-0.05, 0) is 12.1 Å². The Kier molecular flexibility index (Phi) is 2.85. The maximum atomic E-state index is 12.2. The van der Waals surface area contributed by atoms with E-state index in [1.165, 1.54) is 11.3 Å². The minimum Gasteiger partial charge on any atom is -0.293 e. The first-order valence-electron chi connectivity index (χ1n) is 5.28. The summed E-state index contributed by atoms with van der Waals surface area (Å²) in [5.74, 6) is 0. The topological polar surface area (TPSA) is 47.8 Å². The highest BCUT2D eigenvalue weighted by Crippen LogP contribution is 2.18. The number of para-hydroxylation sites is 1. The summed E-state index contributed by atoms with van der Waals surface area (Å²) in [5.41, 5.74) is 0.659. The molecule has 4 nitrogen and oxygen atoms in total. The van der Waals surface area contributed by atoms with Crippen LogP contribution < -0.4 is 5.56 Å². The molecule has 1 aromatic carbocycles. The molecule has 2 heterocycles. The summed E-state index contributed by atoms with van der Waals surface area (Å²) >= 11 is 7.13. The van der Waals surface area contributed by atoms with Crippen LogP contribution in [0.25, 0.3) is 10.9 Å². The summed E-state index contributed by atoms with van der Waals surface area (Å²) in [7, 11) is 0. The van der Waals surface area contributed by atoms with Crippen LogP contribution in [0.5, 0.6) is 0 Å². The number of aromatic nitrogens is 3. The summed E-state index contributed by atoms with van der Waals surface area (Å²) < 4.78 is 2.04. The number of hydrogen-bond acceptors (Lipinski definition) is 4. The molecule has 0 saturated carbocycles. The Labute approximate surface area is 112 Å². The Balaban J connectivity index is 2.08. The lowest BCUT2D eigenvalue weighted by Crippen LogP contribution is -2.20. The average molecular weight is 278 g/mol. The van der Waals surface area contributed by atoms with Crippen LogP contribution in [0.2, 0.25) is 4.47 Å². The summed E-state index contributed by atoms with van der Waals surface area (Å²) in [6.45, 7) is 0.445. The van der Waals surface area contributed by atoms with Gasteiger partial charge < -0.3 is 0 Å². The second kappa shape index (κ2) is 4.51. The minimum absolute atomic E-state index is 0.0508. The number of benzene rings is 1. The van der Waals surface area contributed by atoms with Crippen LogP contribution in [0.15, 0.2) is 41.6 Å². The molecule has 0 unspecified atom stereocenters. The van der Waals surface area contributed by atoms with E-state index in [2.05, 4.69) is 9.97 Å². The van der Waals surface area contributed by atoms with Crippen LogP contribution in [0, 0.1) is 0 Å². The number of rotatable bonds is 2. The molecule has 2 aromatic heterocycles. The first-order chi connectivity index (χ1) is 8.74. The average Bonchev–Trinajstić information content (AvgIpc) is 2.79. The van der Waals surface area contributed by atoms with Gasteiger partial charge in [0.15, 0.2) is 4.47 Å². The lowest BCUT2D eigenvalue weighted by Gasteiger charge is -2.04. The maximum Gasteiger partial charge on any atom is 0.261 e. The third-order valence-electron chi connectivity index (χ3n) is 2.58. The normalized spacial score (nSPS) is 10.9. The molecular weight excluding hydrogens is 270 g/mol. The summed E-state index contributed by atoms with van der Waals surface area (Å²) in [6.07, 6.45) is 3.23. The lowest BCUT2D eigenvalue weighted by atomic mass is 10.2. The molecule has 0 aliphatic carbocycles. The number of halogens is 1. The van der Waals surface area contributed by atoms with Gasteiger partial charge in [0, 0.05) is 11.1 Å². The fourth-order valence-electron chi connectivity index (χ4n) is 1.74. The number of hydrogen-bond donors (Lipinski definition) is 0. The predicted octanol–water partition coefficient (Wildman–Crippen LogP) is 2.55. The molecular formula is C12H8ClN3OS. The lowest BCUT2D eigenvalue weighted by molar-refractivity contribution is 0.757. The summed E-state index contributed by atoms with van der Waals surface area (Å²) in [6, 6.07) is 7.30. The van der Waals surface area contributed by atoms with Gasteiger partial charge in [-0.2, -0.15) is 0 Å². The molecule has 6 heteroatoms. The van der Waals surface area contributed by atoms with Crippen LogP contribution in [-0.4, -0.2) is 14.5 Å². The van der Waals surface area contributed by atoms with Crippen LogP contribution in [0.3, 0.4) is 0 Å². The molecule has 18 heavy (non-hydrogen) atoms. The second-order valence-corrected chi connectivity index (χ2v) is 5.47. The molecule has 0 bridgehead atoms. The van der Waals surface area contributed by atoms with Crippen molar-refractivity contribution in [3.8, 4) is 0 Å². The van der Waals surface area contributed by atoms with Crippen LogP contribution in [0.1, 0.15) is 4.88 Å². The Morgan fingerprint density at radius 3 is 2.89 bits per heavy atom. The van der Waals surface area contributed by atoms with E-state index >= 15 is 0 Å². The highest BCUT2D eigenvalue weighted by atomic mass is 35.5. The Morgan fingerprint density at radius 1 is 1.28 bits per heavy atom. The number of fused-ring (bicyclic) bond motifs is 1. The highest BCUT2D eigenvalue weighted by molar-refractivity contribution is 7.15. The maximum absolute atomic E-state index is 12.2. The molecule has 0 fully saturated rings. The highest BCUT2D eigenvalue weighted by Gasteiger charge is 2.05. The van der Waals surface area contributed by atoms with E-state index in [-0.39, 0.29) is 5.56 Å². The van der Waals surface area contributed by atoms with Crippen molar-refractivity contribution >= 4 is 33.8 Å². The van der Waals surface area contributed by atoms with E-state index in [9.17, 15) is 4.79 Å². The van der Waals surface area contributed by atoms with Crippen LogP contribution >= 0.6 is 22.9 Å². The Bertz CT molecular complexity index is 765. The summed E-state index contributed by atoms with van der Waals surface area (Å²) in [4.78, 5) is 21.4. The zero-order valence-electron chi connectivity index (χ0n) is 9.21. The first kappa shape index (κ1) is 11.4. The molecule has 0 N–H and O–H groups in total. The first-order valence-corrected chi connectivity index (χ1v) is 6.48. The molecule has 3 aromatic rings. The van der Waals surface area contributed by atoms with Crippen molar-refractivity contribution in [3.63, 3.8) is 0 Å². The van der Waals surface area contributed by atoms with E-state index in [0.717, 1.165) is 4.88 Å². The van der Waals surface area contributed by atoms with Gasteiger partial charge in [-0.3, -0.25) is 9.36 Å². The van der Waals surface area contributed by atoms with Gasteiger partial charge in [0.25, 0.3) is 5.56 Å². The van der Waals surface area contributed by atoms with Gasteiger partial charge in [-0.25, -0.2) is 9.97 Å². The standard InChI is InChI=1S/C12H8ClN3OS/c13-12-14-5-8(18-12)6-16-7-15-10-4-2-1-3-9(10)11(16)17/h1-5,7H,6H2. The van der Waals surface area contributed by atoms with Gasteiger partial charge in [-0.15, -0.1) is 11.3 Å². The van der Waals surface area contributed by atoms with E-state index in [1.54, 1.807) is 23.2 Å². The summed E-state index contributed by atoms with van der Waals surface area (Å²) in [5, 5.41) is 0.621. The van der Waals surface area contributed by atoms with Gasteiger partial charge in [0.2, 0.25) is 0 Å². The monoisotopic (exact) mass is 277 g/mol. The van der Waals surface area contributed by atoms with Gasteiger partial charge in [0.1, 0.15) is 0 Å². The van der Waals surface area contributed by atoms with Crippen LogP contribution in [0.4, 0.5) is 0 Å². The molecule has 0 aliphatic heterocycles. The number of thiazole rings is 1. The van der Waals surface area contributed by atoms with E-state index in [4.69, 9.17) is 11.6 Å². The van der Waals surface area contributed by atoms with Crippen molar-refractivity contribution in [2.24, 2.45) is 0 Å². The van der Waals surface area contributed by atoms with E-state index < -0.39 is 0 Å². The van der Waals surface area contributed by atoms with Crippen molar-refractivity contribution in [1.29, 1.82) is 0 Å². The Hall–Kier alpha value is -1.72. The van der Waals surface area contributed by atoms with Crippen molar-refractivity contribution in [1.82, 2.24) is 14.5 Å². The van der Waals surface area contributed by atoms with Crippen molar-refractivity contribution < 1.29 is 0 Å². The van der Waals surface area contributed by atoms with Crippen molar-refractivity contribution in [2.45, 2.75) is 6.54 Å². The van der Waals surface area contributed by atoms with Crippen molar-refractivity contribution in [2.75, 3.05) is 0 Å². The smallest absolute Gasteiger partial charge is 0.261 e. The third-order valence-corrected chi connectivity index (χ3v) is 3.68. The zero-order valence-corrected chi connectivity index (χ0v) is 10.8. The fourth-order valence-corrected chi connectivity index (χ4v) is 2.72. The minimum atomic E-state index is -0.0508. The quantitative estimate of drug-likeness (QED) is 0.723. The van der Waals surface area contributed by atoms with Crippen LogP contribution in [-0.2, 0) is 6.54 Å². The SMILES string of the molecule is O=c1c2ccccc2ncn1Cc1cnc(Cl)s1. The van der Waals surface area contributed by atoms with E-state index in [0.29, 0.717) is 21.9 Å². The van der Waals surface area contributed by atoms with Gasteiger partial charge in [-0.1, -0.05) is 23.7 Å². The van der Waals surface area contributed by atoms with Gasteiger partial charge in [0.05, 0.1) is 23.8 Å².